The Bertz CT molecular complexity index is 1520. The van der Waals surface area contributed by atoms with Crippen molar-refractivity contribution in [2.45, 2.75) is 70.3 Å². The molecule has 4 aromatic carbocycles. The van der Waals surface area contributed by atoms with Crippen LogP contribution in [0.15, 0.2) is 103 Å². The summed E-state index contributed by atoms with van der Waals surface area (Å²) in [5.74, 6) is 1.29. The van der Waals surface area contributed by atoms with E-state index in [4.69, 9.17) is 18.9 Å². The standard InChI is InChI=1S/C40H46O8/c41-39(42)25-22-31-14-9-10-20-37(31)48-38(19-8-3-11-27-45-34-15-4-1-5-16-34)33-21-24-36(32(30-33)23-26-40(43)44)47-29-13-12-28-46-35-17-6-2-7-18-35/h1-2,4-7,9-10,14-18,20-21,24,30,38H,3,8,11-13,19,22-23,25-29H2,(H,41,42)(H,43,44). The zero-order valence-corrected chi connectivity index (χ0v) is 27.4. The monoisotopic (exact) mass is 654 g/mol. The van der Waals surface area contributed by atoms with Crippen molar-refractivity contribution < 1.29 is 38.7 Å². The number of carbonyl (C=O) groups is 2. The maximum Gasteiger partial charge on any atom is 0.303 e. The van der Waals surface area contributed by atoms with Crippen LogP contribution < -0.4 is 18.9 Å². The van der Waals surface area contributed by atoms with Crippen LogP contribution >= 0.6 is 0 Å². The first-order valence-electron chi connectivity index (χ1n) is 16.8. The molecule has 0 saturated carbocycles. The molecule has 0 bridgehead atoms. The minimum Gasteiger partial charge on any atom is -0.494 e. The number of hydrogen-bond acceptors (Lipinski definition) is 6. The second-order valence-corrected chi connectivity index (χ2v) is 11.6. The van der Waals surface area contributed by atoms with Gasteiger partial charge in [-0.15, -0.1) is 0 Å². The van der Waals surface area contributed by atoms with E-state index in [2.05, 4.69) is 0 Å². The fraction of sp³-hybridized carbons (Fsp3) is 0.350. The number of unbranched alkanes of at least 4 members (excludes halogenated alkanes) is 3. The molecule has 48 heavy (non-hydrogen) atoms. The predicted octanol–water partition coefficient (Wildman–Crippen LogP) is 8.72. The van der Waals surface area contributed by atoms with E-state index in [9.17, 15) is 19.8 Å². The molecule has 0 aliphatic carbocycles. The number of aliphatic carboxylic acids is 2. The topological polar surface area (TPSA) is 112 Å². The molecule has 0 saturated heterocycles. The van der Waals surface area contributed by atoms with Crippen LogP contribution in [0.1, 0.15) is 74.2 Å². The molecule has 8 nitrogen and oxygen atoms in total. The molecule has 0 amide bonds. The van der Waals surface area contributed by atoms with E-state index in [1.165, 1.54) is 0 Å². The number of aryl methyl sites for hydroxylation is 2. The Morgan fingerprint density at radius 2 is 1.08 bits per heavy atom. The number of benzene rings is 4. The summed E-state index contributed by atoms with van der Waals surface area (Å²) in [6.45, 7) is 1.69. The zero-order valence-electron chi connectivity index (χ0n) is 27.4. The van der Waals surface area contributed by atoms with E-state index in [1.54, 1.807) is 0 Å². The lowest BCUT2D eigenvalue weighted by atomic mass is 9.98. The third kappa shape index (κ3) is 13.0. The number of carboxylic acids is 2. The maximum atomic E-state index is 11.5. The van der Waals surface area contributed by atoms with Crippen LogP contribution in [0.4, 0.5) is 0 Å². The lowest BCUT2D eigenvalue weighted by molar-refractivity contribution is -0.138. The first kappa shape index (κ1) is 35.9. The third-order valence-corrected chi connectivity index (χ3v) is 7.85. The summed E-state index contributed by atoms with van der Waals surface area (Å²) in [7, 11) is 0. The van der Waals surface area contributed by atoms with Crippen LogP contribution in [0, 0.1) is 0 Å². The van der Waals surface area contributed by atoms with Crippen molar-refractivity contribution in [1.29, 1.82) is 0 Å². The zero-order chi connectivity index (χ0) is 33.8. The van der Waals surface area contributed by atoms with Gasteiger partial charge in [0.2, 0.25) is 0 Å². The second-order valence-electron chi connectivity index (χ2n) is 11.6. The van der Waals surface area contributed by atoms with Crippen LogP contribution in [0.5, 0.6) is 23.0 Å². The third-order valence-electron chi connectivity index (χ3n) is 7.85. The molecule has 0 aromatic heterocycles. The van der Waals surface area contributed by atoms with Gasteiger partial charge >= 0.3 is 11.9 Å². The van der Waals surface area contributed by atoms with E-state index in [0.717, 1.165) is 66.7 Å². The predicted molar refractivity (Wildman–Crippen MR) is 185 cm³/mol. The molecule has 8 heteroatoms. The molecule has 2 N–H and O–H groups in total. The molecule has 0 aliphatic heterocycles. The molecular weight excluding hydrogens is 608 g/mol. The molecule has 0 aliphatic rings. The van der Waals surface area contributed by atoms with Gasteiger partial charge < -0.3 is 29.2 Å². The fourth-order valence-electron chi connectivity index (χ4n) is 5.30. The highest BCUT2D eigenvalue weighted by Gasteiger charge is 2.19. The van der Waals surface area contributed by atoms with Crippen LogP contribution in [-0.2, 0) is 22.4 Å². The highest BCUT2D eigenvalue weighted by Crippen LogP contribution is 2.33. The van der Waals surface area contributed by atoms with E-state index < -0.39 is 11.9 Å². The van der Waals surface area contributed by atoms with Gasteiger partial charge in [-0.2, -0.15) is 0 Å². The van der Waals surface area contributed by atoms with Crippen molar-refractivity contribution >= 4 is 11.9 Å². The van der Waals surface area contributed by atoms with Crippen LogP contribution in [0.2, 0.25) is 0 Å². The first-order valence-corrected chi connectivity index (χ1v) is 16.8. The Hall–Kier alpha value is -4.98. The largest absolute Gasteiger partial charge is 0.494 e. The molecule has 0 heterocycles. The average molecular weight is 655 g/mol. The van der Waals surface area contributed by atoms with Gasteiger partial charge in [0.1, 0.15) is 29.1 Å². The quantitative estimate of drug-likeness (QED) is 0.0764. The number of carboxylic acid groups (broad SMARTS) is 2. The summed E-state index contributed by atoms with van der Waals surface area (Å²) in [6, 6.07) is 32.9. The number of ether oxygens (including phenoxy) is 4. The van der Waals surface area contributed by atoms with Crippen molar-refractivity contribution in [2.75, 3.05) is 19.8 Å². The minimum absolute atomic E-state index is 0.0101. The van der Waals surface area contributed by atoms with Gasteiger partial charge in [0.05, 0.1) is 19.8 Å². The second kappa shape index (κ2) is 20.3. The number of rotatable bonds is 23. The van der Waals surface area contributed by atoms with Crippen molar-refractivity contribution in [3.8, 4) is 23.0 Å². The van der Waals surface area contributed by atoms with Gasteiger partial charge in [0.15, 0.2) is 0 Å². The average Bonchev–Trinajstić information content (AvgIpc) is 3.10. The van der Waals surface area contributed by atoms with E-state index in [0.29, 0.717) is 44.2 Å². The van der Waals surface area contributed by atoms with Gasteiger partial charge in [-0.3, -0.25) is 9.59 Å². The molecule has 4 aromatic rings. The molecule has 1 atom stereocenters. The van der Waals surface area contributed by atoms with Crippen LogP contribution in [0.25, 0.3) is 0 Å². The molecule has 0 spiro atoms. The summed E-state index contributed by atoms with van der Waals surface area (Å²) in [4.78, 5) is 22.8. The summed E-state index contributed by atoms with van der Waals surface area (Å²) in [5, 5.41) is 18.7. The van der Waals surface area contributed by atoms with Gasteiger partial charge in [-0.05, 0) is 111 Å². The normalized spacial score (nSPS) is 11.4. The number of para-hydroxylation sites is 3. The minimum atomic E-state index is -0.873. The Morgan fingerprint density at radius 3 is 1.71 bits per heavy atom. The molecule has 4 rings (SSSR count). The van der Waals surface area contributed by atoms with E-state index >= 15 is 0 Å². The molecule has 254 valence electrons. The van der Waals surface area contributed by atoms with Gasteiger partial charge in [0, 0.05) is 12.8 Å². The molecule has 0 radical (unpaired) electrons. The smallest absolute Gasteiger partial charge is 0.303 e. The highest BCUT2D eigenvalue weighted by atomic mass is 16.5. The van der Waals surface area contributed by atoms with Gasteiger partial charge in [-0.1, -0.05) is 60.7 Å². The maximum absolute atomic E-state index is 11.5. The Morgan fingerprint density at radius 1 is 0.542 bits per heavy atom. The van der Waals surface area contributed by atoms with Crippen LogP contribution in [0.3, 0.4) is 0 Å². The Balaban J connectivity index is 1.42. The first-order chi connectivity index (χ1) is 23.5. The summed E-state index contributed by atoms with van der Waals surface area (Å²) in [5.41, 5.74) is 2.58. The molecule has 0 fully saturated rings. The van der Waals surface area contributed by atoms with Crippen LogP contribution in [-0.4, -0.2) is 42.0 Å². The van der Waals surface area contributed by atoms with Gasteiger partial charge in [0.25, 0.3) is 0 Å². The highest BCUT2D eigenvalue weighted by molar-refractivity contribution is 5.67. The van der Waals surface area contributed by atoms with E-state index in [-0.39, 0.29) is 18.9 Å². The summed E-state index contributed by atoms with van der Waals surface area (Å²) in [6.07, 6.45) is 5.41. The Kier molecular flexibility index (Phi) is 15.2. The number of hydrogen-bond donors (Lipinski definition) is 2. The van der Waals surface area contributed by atoms with Crippen molar-refractivity contribution in [2.24, 2.45) is 0 Å². The van der Waals surface area contributed by atoms with Crippen molar-refractivity contribution in [3.05, 3.63) is 120 Å². The van der Waals surface area contributed by atoms with E-state index in [1.807, 2.05) is 103 Å². The summed E-state index contributed by atoms with van der Waals surface area (Å²) < 4.78 is 24.4. The summed E-state index contributed by atoms with van der Waals surface area (Å²) >= 11 is 0. The Labute approximate surface area is 283 Å². The molecule has 1 unspecified atom stereocenters. The fourth-order valence-corrected chi connectivity index (χ4v) is 5.30. The lowest BCUT2D eigenvalue weighted by Gasteiger charge is -2.23. The van der Waals surface area contributed by atoms with Gasteiger partial charge in [-0.25, -0.2) is 0 Å². The lowest BCUT2D eigenvalue weighted by Crippen LogP contribution is -2.12. The molecular formula is C40H46O8. The SMILES string of the molecule is O=C(O)CCc1cc(C(CCCCCOc2ccccc2)Oc2ccccc2CCC(=O)O)ccc1OCCCCOc1ccccc1. The van der Waals surface area contributed by atoms with Crippen molar-refractivity contribution in [3.63, 3.8) is 0 Å². The van der Waals surface area contributed by atoms with Crippen molar-refractivity contribution in [1.82, 2.24) is 0 Å².